The molecule has 2 aromatic heterocycles. The number of carbonyl (C=O) groups excluding carboxylic acids is 1. The zero-order valence-electron chi connectivity index (χ0n) is 14.3. The Balaban J connectivity index is 1.88. The van der Waals surface area contributed by atoms with Gasteiger partial charge in [-0.15, -0.1) is 0 Å². The van der Waals surface area contributed by atoms with E-state index in [1.165, 1.54) is 0 Å². The number of nitrogens with one attached hydrogen (secondary N) is 1. The first-order valence-electron chi connectivity index (χ1n) is 8.37. The minimum absolute atomic E-state index is 0.129. The summed E-state index contributed by atoms with van der Waals surface area (Å²) >= 11 is 0. The Kier molecular flexibility index (Phi) is 4.65. The summed E-state index contributed by atoms with van der Waals surface area (Å²) < 4.78 is 1.94. The van der Waals surface area contributed by atoms with E-state index in [9.17, 15) is 4.79 Å². The normalized spacial score (nSPS) is 19.1. The SMILES string of the molecule is C=C1/C=C\C(NC(=O)c2ccn3c(C)cc(C)nc23)=C/CCCC1. The van der Waals surface area contributed by atoms with Gasteiger partial charge in [-0.3, -0.25) is 4.79 Å². The molecule has 2 heterocycles. The van der Waals surface area contributed by atoms with Crippen molar-refractivity contribution in [3.63, 3.8) is 0 Å². The van der Waals surface area contributed by atoms with Crippen LogP contribution in [0.25, 0.3) is 5.65 Å². The predicted octanol–water partition coefficient (Wildman–Crippen LogP) is 4.25. The molecular formula is C20H23N3O. The van der Waals surface area contributed by atoms with Crippen molar-refractivity contribution in [2.24, 2.45) is 0 Å². The predicted molar refractivity (Wildman–Crippen MR) is 97.0 cm³/mol. The fraction of sp³-hybridized carbons (Fsp3) is 0.300. The topological polar surface area (TPSA) is 46.4 Å². The summed E-state index contributed by atoms with van der Waals surface area (Å²) in [6, 6.07) is 3.83. The molecule has 0 spiro atoms. The van der Waals surface area contributed by atoms with E-state index < -0.39 is 0 Å². The lowest BCUT2D eigenvalue weighted by Gasteiger charge is -2.07. The third kappa shape index (κ3) is 3.48. The van der Waals surface area contributed by atoms with Crippen LogP contribution in [0, 0.1) is 13.8 Å². The van der Waals surface area contributed by atoms with Crippen molar-refractivity contribution in [2.45, 2.75) is 39.5 Å². The summed E-state index contributed by atoms with van der Waals surface area (Å²) in [6.07, 6.45) is 12.1. The molecule has 0 saturated carbocycles. The highest BCUT2D eigenvalue weighted by Crippen LogP contribution is 2.16. The molecule has 0 aliphatic heterocycles. The van der Waals surface area contributed by atoms with Gasteiger partial charge in [0.25, 0.3) is 5.91 Å². The fourth-order valence-electron chi connectivity index (χ4n) is 2.98. The van der Waals surface area contributed by atoms with Crippen LogP contribution in [0.5, 0.6) is 0 Å². The molecule has 4 nitrogen and oxygen atoms in total. The van der Waals surface area contributed by atoms with E-state index in [1.807, 2.05) is 48.7 Å². The van der Waals surface area contributed by atoms with Crippen molar-refractivity contribution in [2.75, 3.05) is 0 Å². The van der Waals surface area contributed by atoms with Gasteiger partial charge in [0.2, 0.25) is 0 Å². The Morgan fingerprint density at radius 2 is 2.12 bits per heavy atom. The smallest absolute Gasteiger partial charge is 0.259 e. The van der Waals surface area contributed by atoms with Crippen LogP contribution in [-0.4, -0.2) is 15.3 Å². The number of allylic oxidation sites excluding steroid dienone is 4. The Morgan fingerprint density at radius 1 is 1.29 bits per heavy atom. The zero-order valence-corrected chi connectivity index (χ0v) is 14.3. The van der Waals surface area contributed by atoms with Gasteiger partial charge in [-0.05, 0) is 57.7 Å². The number of amides is 1. The number of hydrogen-bond donors (Lipinski definition) is 1. The highest BCUT2D eigenvalue weighted by molar-refractivity contribution is 6.01. The second kappa shape index (κ2) is 6.87. The average molecular weight is 321 g/mol. The molecule has 24 heavy (non-hydrogen) atoms. The maximum Gasteiger partial charge on any atom is 0.259 e. The van der Waals surface area contributed by atoms with Gasteiger partial charge >= 0.3 is 0 Å². The van der Waals surface area contributed by atoms with E-state index in [1.54, 1.807) is 0 Å². The highest BCUT2D eigenvalue weighted by Gasteiger charge is 2.14. The van der Waals surface area contributed by atoms with Crippen molar-refractivity contribution in [3.05, 3.63) is 71.4 Å². The number of fused-ring (bicyclic) bond motifs is 1. The molecule has 1 aliphatic rings. The second-order valence-corrected chi connectivity index (χ2v) is 6.31. The lowest BCUT2D eigenvalue weighted by atomic mass is 10.1. The first-order valence-corrected chi connectivity index (χ1v) is 8.37. The fourth-order valence-corrected chi connectivity index (χ4v) is 2.98. The molecule has 0 aromatic carbocycles. The largest absolute Gasteiger partial charge is 0.322 e. The molecule has 1 amide bonds. The molecule has 4 heteroatoms. The first-order chi connectivity index (χ1) is 11.5. The molecule has 2 aromatic rings. The minimum atomic E-state index is -0.129. The van der Waals surface area contributed by atoms with Gasteiger partial charge in [0.1, 0.15) is 5.65 Å². The standard InChI is InChI=1S/C20H23N3O/c1-14-7-5-4-6-8-17(10-9-14)22-20(24)18-11-12-23-16(3)13-15(2)21-19(18)23/h8-13H,1,4-7H2,2-3H3,(H,22,24)/b10-9-,17-8+. The molecule has 124 valence electrons. The summed E-state index contributed by atoms with van der Waals surface area (Å²) in [5.41, 5.74) is 5.18. The summed E-state index contributed by atoms with van der Waals surface area (Å²) in [4.78, 5) is 17.2. The van der Waals surface area contributed by atoms with Gasteiger partial charge in [0.05, 0.1) is 5.56 Å². The third-order valence-electron chi connectivity index (χ3n) is 4.26. The summed E-state index contributed by atoms with van der Waals surface area (Å²) in [7, 11) is 0. The summed E-state index contributed by atoms with van der Waals surface area (Å²) in [5, 5.41) is 3.01. The molecule has 0 saturated heterocycles. The Hall–Kier alpha value is -2.62. The molecule has 0 atom stereocenters. The molecular weight excluding hydrogens is 298 g/mol. The van der Waals surface area contributed by atoms with Crippen LogP contribution < -0.4 is 5.32 Å². The van der Waals surface area contributed by atoms with Crippen molar-refractivity contribution in [1.29, 1.82) is 0 Å². The van der Waals surface area contributed by atoms with Crippen LogP contribution in [0.2, 0.25) is 0 Å². The van der Waals surface area contributed by atoms with E-state index in [4.69, 9.17) is 0 Å². The molecule has 0 fully saturated rings. The van der Waals surface area contributed by atoms with Crippen molar-refractivity contribution >= 4 is 11.6 Å². The van der Waals surface area contributed by atoms with Crippen molar-refractivity contribution in [1.82, 2.24) is 14.7 Å². The van der Waals surface area contributed by atoms with Gasteiger partial charge < -0.3 is 9.72 Å². The van der Waals surface area contributed by atoms with Gasteiger partial charge in [-0.2, -0.15) is 0 Å². The van der Waals surface area contributed by atoms with Crippen molar-refractivity contribution in [3.8, 4) is 0 Å². The molecule has 0 bridgehead atoms. The second-order valence-electron chi connectivity index (χ2n) is 6.31. The van der Waals surface area contributed by atoms with Crippen LogP contribution in [0.1, 0.15) is 47.4 Å². The van der Waals surface area contributed by atoms with E-state index in [0.29, 0.717) is 11.2 Å². The maximum absolute atomic E-state index is 12.7. The number of carbonyl (C=O) groups is 1. The zero-order chi connectivity index (χ0) is 17.1. The first kappa shape index (κ1) is 16.2. The number of aryl methyl sites for hydroxylation is 2. The molecule has 1 N–H and O–H groups in total. The van der Waals surface area contributed by atoms with E-state index in [0.717, 1.165) is 48.3 Å². The van der Waals surface area contributed by atoms with Gasteiger partial charge in [0.15, 0.2) is 0 Å². The lowest BCUT2D eigenvalue weighted by molar-refractivity contribution is 0.0968. The third-order valence-corrected chi connectivity index (χ3v) is 4.26. The Bertz CT molecular complexity index is 855. The maximum atomic E-state index is 12.7. The Labute approximate surface area is 142 Å². The number of rotatable bonds is 2. The average Bonchev–Trinajstić information content (AvgIpc) is 2.98. The van der Waals surface area contributed by atoms with Crippen LogP contribution in [0.3, 0.4) is 0 Å². The molecule has 0 unspecified atom stereocenters. The van der Waals surface area contributed by atoms with Crippen LogP contribution in [0.4, 0.5) is 0 Å². The lowest BCUT2D eigenvalue weighted by Crippen LogP contribution is -2.22. The van der Waals surface area contributed by atoms with Gasteiger partial charge in [-0.25, -0.2) is 4.98 Å². The van der Waals surface area contributed by atoms with E-state index >= 15 is 0 Å². The van der Waals surface area contributed by atoms with E-state index in [2.05, 4.69) is 23.0 Å². The van der Waals surface area contributed by atoms with Gasteiger partial charge in [0, 0.05) is 23.3 Å². The van der Waals surface area contributed by atoms with Crippen LogP contribution in [-0.2, 0) is 0 Å². The molecule has 0 radical (unpaired) electrons. The Morgan fingerprint density at radius 3 is 2.96 bits per heavy atom. The summed E-state index contributed by atoms with van der Waals surface area (Å²) in [6.45, 7) is 8.00. The van der Waals surface area contributed by atoms with Crippen LogP contribution in [0.15, 0.2) is 54.4 Å². The molecule has 1 aliphatic carbocycles. The number of aromatic nitrogens is 2. The quantitative estimate of drug-likeness (QED) is 0.898. The monoisotopic (exact) mass is 321 g/mol. The van der Waals surface area contributed by atoms with Gasteiger partial charge in [-0.1, -0.05) is 24.3 Å². The number of hydrogen-bond acceptors (Lipinski definition) is 2. The molecule has 3 rings (SSSR count). The summed E-state index contributed by atoms with van der Waals surface area (Å²) in [5.74, 6) is -0.129. The number of nitrogens with zero attached hydrogens (tertiary/aromatic N) is 2. The van der Waals surface area contributed by atoms with Crippen molar-refractivity contribution < 1.29 is 4.79 Å². The van der Waals surface area contributed by atoms with Crippen LogP contribution >= 0.6 is 0 Å². The highest BCUT2D eigenvalue weighted by atomic mass is 16.1. The minimum Gasteiger partial charge on any atom is -0.322 e. The van der Waals surface area contributed by atoms with E-state index in [-0.39, 0.29) is 5.91 Å².